The molecule has 7 heteroatoms. The van der Waals surface area contributed by atoms with Gasteiger partial charge in [-0.2, -0.15) is 0 Å². The molecule has 7 nitrogen and oxygen atoms in total. The van der Waals surface area contributed by atoms with Crippen molar-refractivity contribution in [1.29, 1.82) is 0 Å². The zero-order chi connectivity index (χ0) is 20.7. The zero-order valence-electron chi connectivity index (χ0n) is 16.8. The number of benzene rings is 2. The summed E-state index contributed by atoms with van der Waals surface area (Å²) < 4.78 is 16.1. The third kappa shape index (κ3) is 5.64. The minimum Gasteiger partial charge on any atom is -0.493 e. The molecule has 0 fully saturated rings. The van der Waals surface area contributed by atoms with Crippen LogP contribution in [0.4, 0.5) is 11.4 Å². The average molecular weight is 386 g/mol. The molecule has 2 rings (SSSR count). The molecule has 28 heavy (non-hydrogen) atoms. The van der Waals surface area contributed by atoms with Gasteiger partial charge in [-0.3, -0.25) is 9.59 Å². The Balaban J connectivity index is 2.09. The van der Waals surface area contributed by atoms with Crippen LogP contribution in [0.3, 0.4) is 0 Å². The largest absolute Gasteiger partial charge is 0.493 e. The van der Waals surface area contributed by atoms with Crippen molar-refractivity contribution in [2.24, 2.45) is 0 Å². The van der Waals surface area contributed by atoms with E-state index in [0.29, 0.717) is 22.9 Å². The lowest BCUT2D eigenvalue weighted by atomic mass is 10.2. The number of amides is 2. The van der Waals surface area contributed by atoms with Gasteiger partial charge in [0, 0.05) is 24.4 Å². The number of nitrogens with zero attached hydrogens (tertiary/aromatic N) is 1. The summed E-state index contributed by atoms with van der Waals surface area (Å²) in [6, 6.07) is 12.1. The van der Waals surface area contributed by atoms with Gasteiger partial charge in [-0.15, -0.1) is 0 Å². The summed E-state index contributed by atoms with van der Waals surface area (Å²) in [4.78, 5) is 25.9. The molecule has 2 aromatic rings. The molecule has 150 valence electrons. The van der Waals surface area contributed by atoms with Crippen LogP contribution in [-0.4, -0.2) is 38.7 Å². The van der Waals surface area contributed by atoms with E-state index in [1.165, 1.54) is 26.0 Å². The van der Waals surface area contributed by atoms with Crippen LogP contribution >= 0.6 is 0 Å². The molecule has 0 aromatic heterocycles. The number of hydrogen-bond donors (Lipinski definition) is 1. The van der Waals surface area contributed by atoms with E-state index in [1.54, 1.807) is 42.5 Å². The highest BCUT2D eigenvalue weighted by Gasteiger charge is 2.18. The molecule has 0 atom stereocenters. The standard InChI is InChI=1S/C21H26N2O5/c1-14(2)28-18-9-6-16(7-10-18)22-21(25)13-23(15(3)24)17-8-11-19(26-4)20(12-17)27-5/h6-12,14H,13H2,1-5H3,(H,22,25). The van der Waals surface area contributed by atoms with Crippen LogP contribution in [0.25, 0.3) is 0 Å². The first kappa shape index (κ1) is 21.1. The second-order valence-electron chi connectivity index (χ2n) is 6.38. The summed E-state index contributed by atoms with van der Waals surface area (Å²) in [5.41, 5.74) is 1.16. The summed E-state index contributed by atoms with van der Waals surface area (Å²) in [7, 11) is 3.05. The lowest BCUT2D eigenvalue weighted by molar-refractivity contribution is -0.120. The van der Waals surface area contributed by atoms with Gasteiger partial charge in [0.1, 0.15) is 12.3 Å². The number of hydrogen-bond acceptors (Lipinski definition) is 5. The summed E-state index contributed by atoms with van der Waals surface area (Å²) in [5.74, 6) is 1.17. The second-order valence-corrected chi connectivity index (χ2v) is 6.38. The SMILES string of the molecule is COc1ccc(N(CC(=O)Nc2ccc(OC(C)C)cc2)C(C)=O)cc1OC. The molecule has 0 saturated carbocycles. The molecule has 2 amide bonds. The Morgan fingerprint density at radius 3 is 2.18 bits per heavy atom. The Labute approximate surface area is 165 Å². The highest BCUT2D eigenvalue weighted by Crippen LogP contribution is 2.31. The van der Waals surface area contributed by atoms with Crippen LogP contribution in [0.15, 0.2) is 42.5 Å². The smallest absolute Gasteiger partial charge is 0.244 e. The van der Waals surface area contributed by atoms with Gasteiger partial charge >= 0.3 is 0 Å². The topological polar surface area (TPSA) is 77.1 Å². The minimum absolute atomic E-state index is 0.0750. The van der Waals surface area contributed by atoms with E-state index in [4.69, 9.17) is 14.2 Å². The van der Waals surface area contributed by atoms with Gasteiger partial charge in [-0.25, -0.2) is 0 Å². The fourth-order valence-electron chi connectivity index (χ4n) is 2.61. The number of anilines is 2. The maximum absolute atomic E-state index is 12.4. The van der Waals surface area contributed by atoms with Gasteiger partial charge in [0.25, 0.3) is 0 Å². The quantitative estimate of drug-likeness (QED) is 0.752. The first-order valence-corrected chi connectivity index (χ1v) is 8.90. The summed E-state index contributed by atoms with van der Waals surface area (Å²) >= 11 is 0. The van der Waals surface area contributed by atoms with Crippen molar-refractivity contribution >= 4 is 23.2 Å². The molecule has 0 bridgehead atoms. The van der Waals surface area contributed by atoms with Crippen LogP contribution in [-0.2, 0) is 9.59 Å². The van der Waals surface area contributed by atoms with Crippen LogP contribution in [0.5, 0.6) is 17.2 Å². The fourth-order valence-corrected chi connectivity index (χ4v) is 2.61. The fraction of sp³-hybridized carbons (Fsp3) is 0.333. The zero-order valence-corrected chi connectivity index (χ0v) is 16.8. The van der Waals surface area contributed by atoms with E-state index in [1.807, 2.05) is 13.8 Å². The number of rotatable bonds is 8. The van der Waals surface area contributed by atoms with Gasteiger partial charge in [0.05, 0.1) is 20.3 Å². The maximum Gasteiger partial charge on any atom is 0.244 e. The van der Waals surface area contributed by atoms with Gasteiger partial charge in [0.2, 0.25) is 11.8 Å². The molecule has 0 saturated heterocycles. The second kappa shape index (κ2) is 9.64. The Kier molecular flexibility index (Phi) is 7.26. The highest BCUT2D eigenvalue weighted by molar-refractivity contribution is 6.02. The van der Waals surface area contributed by atoms with Crippen LogP contribution in [0.2, 0.25) is 0 Å². The average Bonchev–Trinajstić information content (AvgIpc) is 2.66. The van der Waals surface area contributed by atoms with Crippen molar-refractivity contribution in [2.75, 3.05) is 31.0 Å². The molecule has 0 aliphatic carbocycles. The molecular weight excluding hydrogens is 360 g/mol. The van der Waals surface area contributed by atoms with Gasteiger partial charge in [-0.05, 0) is 50.2 Å². The number of carbonyl (C=O) groups excluding carboxylic acids is 2. The molecular formula is C21H26N2O5. The summed E-state index contributed by atoms with van der Waals surface area (Å²) in [5, 5.41) is 2.78. The summed E-state index contributed by atoms with van der Waals surface area (Å²) in [6.45, 7) is 5.16. The molecule has 0 aliphatic rings. The molecule has 1 N–H and O–H groups in total. The third-order valence-corrected chi connectivity index (χ3v) is 3.87. The van der Waals surface area contributed by atoms with E-state index in [0.717, 1.165) is 5.75 Å². The first-order chi connectivity index (χ1) is 13.3. The Morgan fingerprint density at radius 2 is 1.64 bits per heavy atom. The van der Waals surface area contributed by atoms with Gasteiger partial charge in [-0.1, -0.05) is 0 Å². The molecule has 0 spiro atoms. The Morgan fingerprint density at radius 1 is 1.00 bits per heavy atom. The van der Waals surface area contributed by atoms with E-state index in [9.17, 15) is 9.59 Å². The number of nitrogens with one attached hydrogen (secondary N) is 1. The lowest BCUT2D eigenvalue weighted by Gasteiger charge is -2.22. The van der Waals surface area contributed by atoms with Crippen molar-refractivity contribution in [1.82, 2.24) is 0 Å². The predicted molar refractivity (Wildman–Crippen MR) is 108 cm³/mol. The third-order valence-electron chi connectivity index (χ3n) is 3.87. The van der Waals surface area contributed by atoms with Crippen molar-refractivity contribution in [2.45, 2.75) is 26.9 Å². The van der Waals surface area contributed by atoms with E-state index in [-0.39, 0.29) is 24.5 Å². The van der Waals surface area contributed by atoms with Crippen LogP contribution in [0.1, 0.15) is 20.8 Å². The first-order valence-electron chi connectivity index (χ1n) is 8.90. The van der Waals surface area contributed by atoms with E-state index in [2.05, 4.69) is 5.32 Å². The molecule has 0 unspecified atom stereocenters. The van der Waals surface area contributed by atoms with E-state index < -0.39 is 0 Å². The van der Waals surface area contributed by atoms with E-state index >= 15 is 0 Å². The monoisotopic (exact) mass is 386 g/mol. The van der Waals surface area contributed by atoms with Crippen molar-refractivity contribution in [3.05, 3.63) is 42.5 Å². The normalized spacial score (nSPS) is 10.4. The van der Waals surface area contributed by atoms with Gasteiger partial charge in [0.15, 0.2) is 11.5 Å². The Bertz CT molecular complexity index is 818. The van der Waals surface area contributed by atoms with Crippen molar-refractivity contribution in [3.63, 3.8) is 0 Å². The number of ether oxygens (including phenoxy) is 3. The Hall–Kier alpha value is -3.22. The van der Waals surface area contributed by atoms with Gasteiger partial charge < -0.3 is 24.4 Å². The van der Waals surface area contributed by atoms with Crippen LogP contribution < -0.4 is 24.4 Å². The molecule has 0 aliphatic heterocycles. The highest BCUT2D eigenvalue weighted by atomic mass is 16.5. The number of carbonyl (C=O) groups is 2. The molecule has 0 heterocycles. The molecule has 0 radical (unpaired) electrons. The number of methoxy groups -OCH3 is 2. The maximum atomic E-state index is 12.4. The minimum atomic E-state index is -0.317. The predicted octanol–water partition coefficient (Wildman–Crippen LogP) is 3.48. The van der Waals surface area contributed by atoms with Crippen LogP contribution in [0, 0.1) is 0 Å². The van der Waals surface area contributed by atoms with Crippen molar-refractivity contribution in [3.8, 4) is 17.2 Å². The molecule has 2 aromatic carbocycles. The summed E-state index contributed by atoms with van der Waals surface area (Å²) in [6.07, 6.45) is 0.0750. The van der Waals surface area contributed by atoms with Crippen molar-refractivity contribution < 1.29 is 23.8 Å². The lowest BCUT2D eigenvalue weighted by Crippen LogP contribution is -2.36.